The van der Waals surface area contributed by atoms with Gasteiger partial charge in [-0.3, -0.25) is 4.79 Å². The lowest BCUT2D eigenvalue weighted by Gasteiger charge is -2.01. The third-order valence-electron chi connectivity index (χ3n) is 2.46. The smallest absolute Gasteiger partial charge is 0.309 e. The summed E-state index contributed by atoms with van der Waals surface area (Å²) in [7, 11) is 0. The summed E-state index contributed by atoms with van der Waals surface area (Å²) < 4.78 is 1.59. The molecule has 2 aromatic rings. The molecule has 0 saturated carbocycles. The Labute approximate surface area is 98.7 Å². The maximum absolute atomic E-state index is 10.5. The van der Waals surface area contributed by atoms with Crippen molar-refractivity contribution in [3.05, 3.63) is 41.7 Å². The van der Waals surface area contributed by atoms with E-state index in [9.17, 15) is 4.79 Å². The molecule has 0 bridgehead atoms. The molecule has 0 aliphatic heterocycles. The van der Waals surface area contributed by atoms with Crippen LogP contribution in [0.2, 0.25) is 0 Å². The van der Waals surface area contributed by atoms with Crippen LogP contribution >= 0.6 is 0 Å². The molecular formula is C12H13N3O2. The monoisotopic (exact) mass is 231 g/mol. The molecule has 88 valence electrons. The van der Waals surface area contributed by atoms with Crippen molar-refractivity contribution in [1.82, 2.24) is 15.0 Å². The zero-order chi connectivity index (χ0) is 12.3. The van der Waals surface area contributed by atoms with Gasteiger partial charge in [-0.05, 0) is 24.1 Å². The van der Waals surface area contributed by atoms with Gasteiger partial charge in [0.05, 0.1) is 24.0 Å². The number of carboxylic acid groups (broad SMARTS) is 1. The maximum Gasteiger partial charge on any atom is 0.309 e. The first-order valence-corrected chi connectivity index (χ1v) is 5.41. The average Bonchev–Trinajstić information content (AvgIpc) is 2.77. The molecule has 0 aliphatic carbocycles. The number of nitrogens with zero attached hydrogens (tertiary/aromatic N) is 3. The highest BCUT2D eigenvalue weighted by Crippen LogP contribution is 2.10. The highest BCUT2D eigenvalue weighted by atomic mass is 16.4. The first kappa shape index (κ1) is 11.3. The third kappa shape index (κ3) is 2.69. The fraction of sp³-hybridized carbons (Fsp3) is 0.250. The largest absolute Gasteiger partial charge is 0.481 e. The minimum Gasteiger partial charge on any atom is -0.481 e. The summed E-state index contributed by atoms with van der Waals surface area (Å²) in [5.41, 5.74) is 2.56. The van der Waals surface area contributed by atoms with E-state index in [4.69, 9.17) is 5.11 Å². The first-order chi connectivity index (χ1) is 8.19. The van der Waals surface area contributed by atoms with Crippen molar-refractivity contribution in [1.29, 1.82) is 0 Å². The highest BCUT2D eigenvalue weighted by Gasteiger charge is 2.06. The second kappa shape index (κ2) is 4.78. The lowest BCUT2D eigenvalue weighted by atomic mass is 10.1. The molecule has 1 heterocycles. The molecule has 1 aromatic heterocycles. The van der Waals surface area contributed by atoms with Gasteiger partial charge in [0.15, 0.2) is 0 Å². The predicted molar refractivity (Wildman–Crippen MR) is 62.1 cm³/mol. The summed E-state index contributed by atoms with van der Waals surface area (Å²) in [6, 6.07) is 7.92. The number of rotatable bonds is 4. The Morgan fingerprint density at radius 1 is 1.47 bits per heavy atom. The molecule has 0 saturated heterocycles. The lowest BCUT2D eigenvalue weighted by Crippen LogP contribution is -2.00. The molecule has 0 atom stereocenters. The summed E-state index contributed by atoms with van der Waals surface area (Å²) in [5, 5.41) is 16.4. The Morgan fingerprint density at radius 2 is 2.29 bits per heavy atom. The van der Waals surface area contributed by atoms with Crippen LogP contribution in [0.25, 0.3) is 5.69 Å². The van der Waals surface area contributed by atoms with Crippen molar-refractivity contribution in [3.8, 4) is 5.69 Å². The number of aliphatic carboxylic acids is 1. The summed E-state index contributed by atoms with van der Waals surface area (Å²) in [4.78, 5) is 10.5. The number of hydrogen-bond donors (Lipinski definition) is 1. The van der Waals surface area contributed by atoms with E-state index in [0.717, 1.165) is 12.1 Å². The zero-order valence-corrected chi connectivity index (χ0v) is 9.50. The fourth-order valence-electron chi connectivity index (χ4n) is 1.58. The SMILES string of the molecule is CCc1cccc(-n2cc(CC(=O)O)nn2)c1. The quantitative estimate of drug-likeness (QED) is 0.864. The van der Waals surface area contributed by atoms with Crippen molar-refractivity contribution < 1.29 is 9.90 Å². The normalized spacial score (nSPS) is 10.4. The maximum atomic E-state index is 10.5. The predicted octanol–water partition coefficient (Wildman–Crippen LogP) is 1.46. The van der Waals surface area contributed by atoms with Gasteiger partial charge in [0, 0.05) is 0 Å². The molecule has 5 heteroatoms. The molecule has 1 N–H and O–H groups in total. The van der Waals surface area contributed by atoms with E-state index in [1.165, 1.54) is 5.56 Å². The van der Waals surface area contributed by atoms with Crippen LogP contribution in [0.5, 0.6) is 0 Å². The summed E-state index contributed by atoms with van der Waals surface area (Å²) in [5.74, 6) is -0.903. The van der Waals surface area contributed by atoms with Crippen LogP contribution in [-0.4, -0.2) is 26.1 Å². The van der Waals surface area contributed by atoms with E-state index in [2.05, 4.69) is 17.2 Å². The number of aromatic nitrogens is 3. The van der Waals surface area contributed by atoms with Crippen molar-refractivity contribution >= 4 is 5.97 Å². The zero-order valence-electron chi connectivity index (χ0n) is 9.50. The first-order valence-electron chi connectivity index (χ1n) is 5.41. The van der Waals surface area contributed by atoms with E-state index >= 15 is 0 Å². The van der Waals surface area contributed by atoms with Crippen LogP contribution < -0.4 is 0 Å². The Morgan fingerprint density at radius 3 is 3.00 bits per heavy atom. The minimum absolute atomic E-state index is 0.104. The lowest BCUT2D eigenvalue weighted by molar-refractivity contribution is -0.136. The molecule has 0 aliphatic rings. The Balaban J connectivity index is 2.26. The molecule has 17 heavy (non-hydrogen) atoms. The molecule has 0 amide bonds. The van der Waals surface area contributed by atoms with E-state index in [-0.39, 0.29) is 6.42 Å². The molecule has 0 unspecified atom stereocenters. The van der Waals surface area contributed by atoms with Gasteiger partial charge >= 0.3 is 5.97 Å². The molecule has 5 nitrogen and oxygen atoms in total. The van der Waals surface area contributed by atoms with Gasteiger partial charge in [-0.15, -0.1) is 5.10 Å². The Kier molecular flexibility index (Phi) is 3.18. The Hall–Kier alpha value is -2.17. The van der Waals surface area contributed by atoms with Crippen molar-refractivity contribution in [2.45, 2.75) is 19.8 Å². The van der Waals surface area contributed by atoms with Gasteiger partial charge in [-0.2, -0.15) is 0 Å². The van der Waals surface area contributed by atoms with Gasteiger partial charge in [0.1, 0.15) is 0 Å². The van der Waals surface area contributed by atoms with Crippen LogP contribution in [0.4, 0.5) is 0 Å². The van der Waals surface area contributed by atoms with E-state index < -0.39 is 5.97 Å². The highest BCUT2D eigenvalue weighted by molar-refractivity contribution is 5.69. The fourth-order valence-corrected chi connectivity index (χ4v) is 1.58. The summed E-state index contributed by atoms with van der Waals surface area (Å²) >= 11 is 0. The van der Waals surface area contributed by atoms with Crippen LogP contribution in [0, 0.1) is 0 Å². The molecule has 2 rings (SSSR count). The van der Waals surface area contributed by atoms with Crippen LogP contribution in [0.1, 0.15) is 18.2 Å². The van der Waals surface area contributed by atoms with Crippen LogP contribution in [-0.2, 0) is 17.6 Å². The number of benzene rings is 1. The van der Waals surface area contributed by atoms with E-state index in [1.807, 2.05) is 24.3 Å². The minimum atomic E-state index is -0.903. The number of carboxylic acids is 1. The molecule has 1 aromatic carbocycles. The van der Waals surface area contributed by atoms with E-state index in [1.54, 1.807) is 10.9 Å². The molecule has 0 spiro atoms. The topological polar surface area (TPSA) is 68.0 Å². The van der Waals surface area contributed by atoms with Crippen molar-refractivity contribution in [2.24, 2.45) is 0 Å². The van der Waals surface area contributed by atoms with Gasteiger partial charge in [-0.25, -0.2) is 4.68 Å². The van der Waals surface area contributed by atoms with E-state index in [0.29, 0.717) is 5.69 Å². The molecule has 0 radical (unpaired) electrons. The van der Waals surface area contributed by atoms with Crippen molar-refractivity contribution in [3.63, 3.8) is 0 Å². The van der Waals surface area contributed by atoms with Gasteiger partial charge in [-0.1, -0.05) is 24.3 Å². The second-order valence-corrected chi connectivity index (χ2v) is 3.75. The molecule has 0 fully saturated rings. The third-order valence-corrected chi connectivity index (χ3v) is 2.46. The van der Waals surface area contributed by atoms with Gasteiger partial charge in [0.2, 0.25) is 0 Å². The number of carbonyl (C=O) groups is 1. The molecular weight excluding hydrogens is 218 g/mol. The second-order valence-electron chi connectivity index (χ2n) is 3.75. The summed E-state index contributed by atoms with van der Waals surface area (Å²) in [6.45, 7) is 2.08. The van der Waals surface area contributed by atoms with Gasteiger partial charge in [0.25, 0.3) is 0 Å². The number of aryl methyl sites for hydroxylation is 1. The van der Waals surface area contributed by atoms with Crippen molar-refractivity contribution in [2.75, 3.05) is 0 Å². The number of hydrogen-bond acceptors (Lipinski definition) is 3. The average molecular weight is 231 g/mol. The van der Waals surface area contributed by atoms with Gasteiger partial charge < -0.3 is 5.11 Å². The Bertz CT molecular complexity index is 534. The van der Waals surface area contributed by atoms with Crippen LogP contribution in [0.15, 0.2) is 30.5 Å². The summed E-state index contributed by atoms with van der Waals surface area (Å²) in [6.07, 6.45) is 2.49. The van der Waals surface area contributed by atoms with Crippen LogP contribution in [0.3, 0.4) is 0 Å². The standard InChI is InChI=1S/C12H13N3O2/c1-2-9-4-3-5-11(6-9)15-8-10(13-14-15)7-12(16)17/h3-6,8H,2,7H2,1H3,(H,16,17).